The number of hydrogen-bond donors (Lipinski definition) is 0. The van der Waals surface area contributed by atoms with Crippen molar-refractivity contribution in [3.05, 3.63) is 164 Å². The molecule has 0 radical (unpaired) electrons. The molecule has 0 bridgehead atoms. The van der Waals surface area contributed by atoms with Gasteiger partial charge in [0.15, 0.2) is 0 Å². The Labute approximate surface area is 238 Å². The van der Waals surface area contributed by atoms with Gasteiger partial charge in [-0.25, -0.2) is 0 Å². The topological polar surface area (TPSA) is 0 Å². The van der Waals surface area contributed by atoms with Crippen LogP contribution in [0.2, 0.25) is 0 Å². The fraction of sp³-hybridized carbons (Fsp3) is 0.0909. The Bertz CT molecular complexity index is 1330. The first-order valence-corrected chi connectivity index (χ1v) is 14.6. The summed E-state index contributed by atoms with van der Waals surface area (Å²) in [5.74, 6) is 0. The van der Waals surface area contributed by atoms with Crippen molar-refractivity contribution in [2.75, 3.05) is 0 Å². The third kappa shape index (κ3) is 5.45. The summed E-state index contributed by atoms with van der Waals surface area (Å²) in [7, 11) is 0. The van der Waals surface area contributed by atoms with Crippen LogP contribution < -0.4 is 24.8 Å². The number of benzene rings is 4. The van der Waals surface area contributed by atoms with E-state index in [1.54, 1.807) is 3.28 Å². The van der Waals surface area contributed by atoms with Crippen molar-refractivity contribution in [3.63, 3.8) is 0 Å². The summed E-state index contributed by atoms with van der Waals surface area (Å²) in [4.78, 5) is 0. The van der Waals surface area contributed by atoms with Gasteiger partial charge in [0.1, 0.15) is 0 Å². The van der Waals surface area contributed by atoms with Crippen molar-refractivity contribution >= 4 is 0 Å². The van der Waals surface area contributed by atoms with Crippen molar-refractivity contribution in [3.8, 4) is 11.1 Å². The molecule has 4 aromatic rings. The largest absolute Gasteiger partial charge is 1.00 e. The SMILES string of the molecule is C1=CC(=C(Cc2ccccc2)Cc2ccccc2)[C]([Zr+2][CH]2c3ccccc3-c3ccccc32)=C1.[Cl-].[Cl-]. The molecular formula is C33H26Cl2Zr. The van der Waals surface area contributed by atoms with Gasteiger partial charge < -0.3 is 24.8 Å². The number of rotatable bonds is 6. The Hall–Kier alpha value is -2.44. The Morgan fingerprint density at radius 2 is 1.06 bits per heavy atom. The normalized spacial score (nSPS) is 13.1. The van der Waals surface area contributed by atoms with Gasteiger partial charge in [0.05, 0.1) is 0 Å². The van der Waals surface area contributed by atoms with E-state index in [0.717, 1.165) is 12.8 Å². The van der Waals surface area contributed by atoms with Crippen LogP contribution >= 0.6 is 0 Å². The first kappa shape index (κ1) is 26.6. The average molecular weight is 585 g/mol. The fourth-order valence-corrected chi connectivity index (χ4v) is 9.52. The van der Waals surface area contributed by atoms with Gasteiger partial charge in [0.25, 0.3) is 0 Å². The summed E-state index contributed by atoms with van der Waals surface area (Å²) in [5.41, 5.74) is 11.8. The van der Waals surface area contributed by atoms with Crippen LogP contribution in [0.5, 0.6) is 0 Å². The molecule has 0 spiro atoms. The number of fused-ring (bicyclic) bond motifs is 3. The maximum atomic E-state index is 2.42. The summed E-state index contributed by atoms with van der Waals surface area (Å²) in [6.07, 6.45) is 9.09. The first-order chi connectivity index (χ1) is 16.9. The molecule has 3 heteroatoms. The van der Waals surface area contributed by atoms with Gasteiger partial charge in [-0.3, -0.25) is 0 Å². The van der Waals surface area contributed by atoms with Crippen LogP contribution in [0, 0.1) is 0 Å². The first-order valence-electron chi connectivity index (χ1n) is 12.0. The Kier molecular flexibility index (Phi) is 9.02. The molecule has 176 valence electrons. The van der Waals surface area contributed by atoms with E-state index in [2.05, 4.69) is 127 Å². The van der Waals surface area contributed by atoms with Gasteiger partial charge in [0, 0.05) is 0 Å². The van der Waals surface area contributed by atoms with E-state index in [0.29, 0.717) is 3.63 Å². The molecule has 0 N–H and O–H groups in total. The minimum atomic E-state index is -0.942. The second kappa shape index (κ2) is 12.2. The zero-order valence-electron chi connectivity index (χ0n) is 19.9. The van der Waals surface area contributed by atoms with Gasteiger partial charge in [-0.1, -0.05) is 0 Å². The van der Waals surface area contributed by atoms with Gasteiger partial charge in [0.2, 0.25) is 0 Å². The van der Waals surface area contributed by atoms with E-state index in [4.69, 9.17) is 0 Å². The molecule has 6 rings (SSSR count). The molecule has 0 fully saturated rings. The standard InChI is InChI=1S/C20H17.C13H9.2ClH.Zr/c1-3-9-17(10-4-1)15-20(19-13-7-8-14-19)16-18-11-5-2-6-12-18;1-3-7-12-10(5-1)9-11-6-2-4-8-13(11)12;;;/h1-13H,15-16H2;1-9H;2*1H;/q;;;;+2/p-2. The molecule has 0 atom stereocenters. The Balaban J connectivity index is 0.00000152. The predicted molar refractivity (Wildman–Crippen MR) is 138 cm³/mol. The summed E-state index contributed by atoms with van der Waals surface area (Å²) in [6, 6.07) is 40.0. The molecule has 0 unspecified atom stereocenters. The fourth-order valence-electron chi connectivity index (χ4n) is 5.26. The molecule has 0 heterocycles. The molecule has 0 aliphatic heterocycles. The molecule has 36 heavy (non-hydrogen) atoms. The molecular weight excluding hydrogens is 558 g/mol. The maximum absolute atomic E-state index is 2.42. The van der Waals surface area contributed by atoms with Crippen molar-refractivity contribution in [1.29, 1.82) is 0 Å². The van der Waals surface area contributed by atoms with Crippen molar-refractivity contribution in [2.24, 2.45) is 0 Å². The van der Waals surface area contributed by atoms with Gasteiger partial charge >= 0.3 is 215 Å². The van der Waals surface area contributed by atoms with Crippen molar-refractivity contribution in [2.45, 2.75) is 16.5 Å². The summed E-state index contributed by atoms with van der Waals surface area (Å²) in [6.45, 7) is 0. The van der Waals surface area contributed by atoms with Crippen molar-refractivity contribution in [1.82, 2.24) is 0 Å². The number of hydrogen-bond acceptors (Lipinski definition) is 0. The molecule has 0 aromatic heterocycles. The quantitative estimate of drug-likeness (QED) is 0.326. The molecule has 4 aromatic carbocycles. The van der Waals surface area contributed by atoms with E-state index in [1.807, 2.05) is 0 Å². The maximum Gasteiger partial charge on any atom is -1.00 e. The van der Waals surface area contributed by atoms with E-state index >= 15 is 0 Å². The van der Waals surface area contributed by atoms with Crippen LogP contribution in [-0.2, 0) is 36.1 Å². The van der Waals surface area contributed by atoms with Crippen molar-refractivity contribution < 1.29 is 48.0 Å². The molecule has 2 aliphatic rings. The van der Waals surface area contributed by atoms with E-state index in [-0.39, 0.29) is 24.8 Å². The van der Waals surface area contributed by atoms with Gasteiger partial charge in [-0.05, 0) is 0 Å². The average Bonchev–Trinajstić information content (AvgIpc) is 3.48. The second-order valence-electron chi connectivity index (χ2n) is 9.03. The zero-order valence-corrected chi connectivity index (χ0v) is 23.8. The van der Waals surface area contributed by atoms with E-state index < -0.39 is 23.2 Å². The minimum absolute atomic E-state index is 0. The Morgan fingerprint density at radius 3 is 1.58 bits per heavy atom. The molecule has 0 amide bonds. The predicted octanol–water partition coefficient (Wildman–Crippen LogP) is 2.08. The molecule has 0 saturated carbocycles. The monoisotopic (exact) mass is 582 g/mol. The molecule has 0 saturated heterocycles. The van der Waals surface area contributed by atoms with Crippen LogP contribution in [0.1, 0.15) is 25.9 Å². The smallest absolute Gasteiger partial charge is 1.00 e. The van der Waals surface area contributed by atoms with E-state index in [1.165, 1.54) is 44.5 Å². The van der Waals surface area contributed by atoms with Gasteiger partial charge in [-0.15, -0.1) is 0 Å². The van der Waals surface area contributed by atoms with Crippen LogP contribution in [0.25, 0.3) is 11.1 Å². The third-order valence-electron chi connectivity index (χ3n) is 6.85. The second-order valence-corrected chi connectivity index (χ2v) is 12.5. The van der Waals surface area contributed by atoms with Crippen LogP contribution in [0.15, 0.2) is 142 Å². The molecule has 2 aliphatic carbocycles. The zero-order chi connectivity index (χ0) is 22.7. The number of halogens is 2. The van der Waals surface area contributed by atoms with Crippen LogP contribution in [-0.4, -0.2) is 0 Å². The van der Waals surface area contributed by atoms with Crippen LogP contribution in [0.4, 0.5) is 0 Å². The third-order valence-corrected chi connectivity index (χ3v) is 10.9. The summed E-state index contributed by atoms with van der Waals surface area (Å²) >= 11 is -0.942. The van der Waals surface area contributed by atoms with Crippen LogP contribution in [0.3, 0.4) is 0 Å². The van der Waals surface area contributed by atoms with E-state index in [9.17, 15) is 0 Å². The number of allylic oxidation sites excluding steroid dienone is 6. The summed E-state index contributed by atoms with van der Waals surface area (Å²) < 4.78 is 2.20. The summed E-state index contributed by atoms with van der Waals surface area (Å²) in [5, 5.41) is 0. The molecule has 0 nitrogen and oxygen atoms in total. The Morgan fingerprint density at radius 1 is 0.583 bits per heavy atom. The minimum Gasteiger partial charge on any atom is -1.00 e. The van der Waals surface area contributed by atoms with Gasteiger partial charge in [-0.2, -0.15) is 0 Å².